The molecule has 2 rings (SSSR count). The lowest BCUT2D eigenvalue weighted by Gasteiger charge is -2.44. The van der Waals surface area contributed by atoms with Crippen molar-refractivity contribution >= 4 is 5.91 Å². The second-order valence-corrected chi connectivity index (χ2v) is 4.05. The molecule has 0 aliphatic carbocycles. The van der Waals surface area contributed by atoms with E-state index in [0.29, 0.717) is 13.0 Å². The van der Waals surface area contributed by atoms with Gasteiger partial charge in [-0.2, -0.15) is 13.2 Å². The molecule has 0 spiro atoms. The Morgan fingerprint density at radius 1 is 1.33 bits per heavy atom. The predicted molar refractivity (Wildman–Crippen MR) is 47.2 cm³/mol. The number of halogens is 3. The van der Waals surface area contributed by atoms with Crippen LogP contribution in [0, 0.1) is 0 Å². The van der Waals surface area contributed by atoms with E-state index in [4.69, 9.17) is 0 Å². The Morgan fingerprint density at radius 3 is 2.73 bits per heavy atom. The molecule has 2 aliphatic rings. The zero-order valence-corrected chi connectivity index (χ0v) is 8.18. The largest absolute Gasteiger partial charge is 0.405 e. The van der Waals surface area contributed by atoms with Crippen LogP contribution >= 0.6 is 0 Å². The maximum Gasteiger partial charge on any atom is 0.405 e. The SMILES string of the molecule is O=C1NC[C@H](C(F)(F)F)N2CCCC[C@H]12. The molecule has 0 unspecified atom stereocenters. The molecule has 1 amide bonds. The molecular formula is C9H13F3N2O. The third kappa shape index (κ3) is 1.95. The average Bonchev–Trinajstić information content (AvgIpc) is 2.17. The molecule has 0 aromatic carbocycles. The fourth-order valence-corrected chi connectivity index (χ4v) is 2.34. The number of rotatable bonds is 0. The maximum absolute atomic E-state index is 12.6. The van der Waals surface area contributed by atoms with Crippen molar-refractivity contribution in [2.45, 2.75) is 37.5 Å². The van der Waals surface area contributed by atoms with Crippen molar-refractivity contribution in [2.75, 3.05) is 13.1 Å². The topological polar surface area (TPSA) is 32.3 Å². The van der Waals surface area contributed by atoms with E-state index in [1.807, 2.05) is 0 Å². The van der Waals surface area contributed by atoms with Crippen LogP contribution in [0.15, 0.2) is 0 Å². The minimum absolute atomic E-state index is 0.254. The summed E-state index contributed by atoms with van der Waals surface area (Å²) in [6, 6.07) is -2.07. The molecular weight excluding hydrogens is 209 g/mol. The molecule has 1 N–H and O–H groups in total. The molecule has 2 heterocycles. The number of carbonyl (C=O) groups is 1. The van der Waals surface area contributed by atoms with Gasteiger partial charge in [-0.1, -0.05) is 6.42 Å². The van der Waals surface area contributed by atoms with Crippen molar-refractivity contribution in [3.63, 3.8) is 0 Å². The first-order chi connectivity index (χ1) is 7.00. The monoisotopic (exact) mass is 222 g/mol. The number of piperazine rings is 1. The van der Waals surface area contributed by atoms with Gasteiger partial charge in [0.25, 0.3) is 0 Å². The van der Waals surface area contributed by atoms with E-state index < -0.39 is 18.3 Å². The van der Waals surface area contributed by atoms with Gasteiger partial charge in [0, 0.05) is 6.54 Å². The number of piperidine rings is 1. The Morgan fingerprint density at radius 2 is 2.07 bits per heavy atom. The minimum Gasteiger partial charge on any atom is -0.353 e. The van der Waals surface area contributed by atoms with Crippen LogP contribution < -0.4 is 5.32 Å². The molecule has 0 bridgehead atoms. The quantitative estimate of drug-likeness (QED) is 0.660. The summed E-state index contributed by atoms with van der Waals surface area (Å²) in [5.41, 5.74) is 0. The standard InChI is InChI=1S/C9H13F3N2O/c10-9(11,12)7-5-13-8(15)6-3-1-2-4-14(6)7/h6-7H,1-5H2,(H,13,15)/t6-,7-/m1/s1. The van der Waals surface area contributed by atoms with Gasteiger partial charge < -0.3 is 5.32 Å². The molecule has 0 radical (unpaired) electrons. The van der Waals surface area contributed by atoms with Gasteiger partial charge in [0.15, 0.2) is 0 Å². The number of nitrogens with zero attached hydrogens (tertiary/aromatic N) is 1. The Balaban J connectivity index is 2.17. The summed E-state index contributed by atoms with van der Waals surface area (Å²) in [5, 5.41) is 2.34. The fraction of sp³-hybridized carbons (Fsp3) is 0.889. The van der Waals surface area contributed by atoms with E-state index in [1.54, 1.807) is 0 Å². The van der Waals surface area contributed by atoms with Gasteiger partial charge in [-0.15, -0.1) is 0 Å². The minimum atomic E-state index is -4.25. The zero-order valence-electron chi connectivity index (χ0n) is 8.18. The zero-order chi connectivity index (χ0) is 11.1. The lowest BCUT2D eigenvalue weighted by atomic mass is 9.96. The lowest BCUT2D eigenvalue weighted by Crippen LogP contribution is -2.65. The van der Waals surface area contributed by atoms with Crippen LogP contribution in [0.3, 0.4) is 0 Å². The number of fused-ring (bicyclic) bond motifs is 1. The van der Waals surface area contributed by atoms with E-state index >= 15 is 0 Å². The third-order valence-electron chi connectivity index (χ3n) is 3.09. The van der Waals surface area contributed by atoms with E-state index in [9.17, 15) is 18.0 Å². The molecule has 6 heteroatoms. The highest BCUT2D eigenvalue weighted by molar-refractivity contribution is 5.82. The van der Waals surface area contributed by atoms with Crippen LogP contribution in [0.5, 0.6) is 0 Å². The molecule has 2 aliphatic heterocycles. The highest BCUT2D eigenvalue weighted by Gasteiger charge is 2.50. The van der Waals surface area contributed by atoms with Gasteiger partial charge >= 0.3 is 6.18 Å². The second kappa shape index (κ2) is 3.66. The van der Waals surface area contributed by atoms with Crippen LogP contribution in [0.25, 0.3) is 0 Å². The van der Waals surface area contributed by atoms with Crippen molar-refractivity contribution in [1.29, 1.82) is 0 Å². The highest BCUT2D eigenvalue weighted by atomic mass is 19.4. The number of alkyl halides is 3. The molecule has 15 heavy (non-hydrogen) atoms. The molecule has 2 atom stereocenters. The number of amides is 1. The van der Waals surface area contributed by atoms with E-state index in [1.165, 1.54) is 4.90 Å². The van der Waals surface area contributed by atoms with E-state index in [2.05, 4.69) is 5.32 Å². The van der Waals surface area contributed by atoms with Gasteiger partial charge in [-0.3, -0.25) is 9.69 Å². The lowest BCUT2D eigenvalue weighted by molar-refractivity contribution is -0.199. The Labute approximate surface area is 85.6 Å². The molecule has 0 aromatic rings. The van der Waals surface area contributed by atoms with Crippen molar-refractivity contribution in [1.82, 2.24) is 10.2 Å². The first-order valence-corrected chi connectivity index (χ1v) is 5.10. The third-order valence-corrected chi connectivity index (χ3v) is 3.09. The summed E-state index contributed by atoms with van der Waals surface area (Å²) in [5.74, 6) is -0.254. The van der Waals surface area contributed by atoms with Crippen molar-refractivity contribution in [3.8, 4) is 0 Å². The normalized spacial score (nSPS) is 33.4. The molecule has 86 valence electrons. The molecule has 2 fully saturated rings. The Bertz CT molecular complexity index is 267. The van der Waals surface area contributed by atoms with Gasteiger partial charge in [0.05, 0.1) is 6.04 Å². The van der Waals surface area contributed by atoms with Gasteiger partial charge in [0.2, 0.25) is 5.91 Å². The number of hydrogen-bond donors (Lipinski definition) is 1. The van der Waals surface area contributed by atoms with Gasteiger partial charge in [0.1, 0.15) is 6.04 Å². The average molecular weight is 222 g/mol. The molecule has 0 saturated carbocycles. The van der Waals surface area contributed by atoms with E-state index in [-0.39, 0.29) is 12.5 Å². The number of hydrogen-bond acceptors (Lipinski definition) is 2. The van der Waals surface area contributed by atoms with Crippen LogP contribution in [-0.2, 0) is 4.79 Å². The first kappa shape index (κ1) is 10.7. The summed E-state index contributed by atoms with van der Waals surface area (Å²) in [7, 11) is 0. The van der Waals surface area contributed by atoms with Gasteiger partial charge in [-0.05, 0) is 19.4 Å². The van der Waals surface area contributed by atoms with Gasteiger partial charge in [-0.25, -0.2) is 0 Å². The Hall–Kier alpha value is -0.780. The Kier molecular flexibility index (Phi) is 2.62. The van der Waals surface area contributed by atoms with Crippen LogP contribution in [0.4, 0.5) is 13.2 Å². The summed E-state index contributed by atoms with van der Waals surface area (Å²) in [6.07, 6.45) is -2.13. The summed E-state index contributed by atoms with van der Waals surface area (Å²) < 4.78 is 37.9. The van der Waals surface area contributed by atoms with Crippen LogP contribution in [0.1, 0.15) is 19.3 Å². The first-order valence-electron chi connectivity index (χ1n) is 5.10. The van der Waals surface area contributed by atoms with Crippen LogP contribution in [-0.4, -0.2) is 42.2 Å². The second-order valence-electron chi connectivity index (χ2n) is 4.05. The fourth-order valence-electron chi connectivity index (χ4n) is 2.34. The van der Waals surface area contributed by atoms with Crippen LogP contribution in [0.2, 0.25) is 0 Å². The van der Waals surface area contributed by atoms with E-state index in [0.717, 1.165) is 12.8 Å². The van der Waals surface area contributed by atoms with Crippen molar-refractivity contribution in [2.24, 2.45) is 0 Å². The predicted octanol–water partition coefficient (Wildman–Crippen LogP) is 0.902. The smallest absolute Gasteiger partial charge is 0.353 e. The summed E-state index contributed by atoms with van der Waals surface area (Å²) >= 11 is 0. The number of nitrogens with one attached hydrogen (secondary N) is 1. The van der Waals surface area contributed by atoms with Crippen molar-refractivity contribution < 1.29 is 18.0 Å². The molecule has 0 aromatic heterocycles. The summed E-state index contributed by atoms with van der Waals surface area (Å²) in [6.45, 7) is 0.0705. The molecule has 3 nitrogen and oxygen atoms in total. The molecule has 2 saturated heterocycles. The van der Waals surface area contributed by atoms with Crippen molar-refractivity contribution in [3.05, 3.63) is 0 Å². The number of carbonyl (C=O) groups excluding carboxylic acids is 1. The highest BCUT2D eigenvalue weighted by Crippen LogP contribution is 2.31. The summed E-state index contributed by atoms with van der Waals surface area (Å²) in [4.78, 5) is 12.7. The maximum atomic E-state index is 12.6.